The maximum Gasteiger partial charge on any atom is 0.264 e. The summed E-state index contributed by atoms with van der Waals surface area (Å²) in [4.78, 5) is 12.5. The molecule has 0 aliphatic rings. The molecule has 8 heteroatoms. The molecule has 0 fully saturated rings. The Morgan fingerprint density at radius 3 is 2.27 bits per heavy atom. The fourth-order valence-corrected chi connectivity index (χ4v) is 4.19. The number of amides is 1. The normalized spacial score (nSPS) is 11.4. The monoisotopic (exact) mass is 441 g/mol. The number of rotatable bonds is 7. The van der Waals surface area contributed by atoms with Crippen LogP contribution in [0.25, 0.3) is 0 Å². The zero-order valence-electron chi connectivity index (χ0n) is 16.2. The van der Waals surface area contributed by atoms with Crippen molar-refractivity contribution in [1.29, 1.82) is 0 Å². The van der Waals surface area contributed by atoms with Gasteiger partial charge in [-0.25, -0.2) is 13.8 Å². The van der Waals surface area contributed by atoms with Gasteiger partial charge >= 0.3 is 0 Å². The average molecular weight is 442 g/mol. The topological polar surface area (TPSA) is 78.8 Å². The molecule has 0 radical (unpaired) electrons. The Labute approximate surface area is 180 Å². The van der Waals surface area contributed by atoms with Gasteiger partial charge in [-0.2, -0.15) is 5.10 Å². The van der Waals surface area contributed by atoms with Crippen LogP contribution in [0.4, 0.5) is 5.69 Å². The van der Waals surface area contributed by atoms with Crippen molar-refractivity contribution in [2.45, 2.75) is 11.8 Å². The lowest BCUT2D eigenvalue weighted by molar-refractivity contribution is -0.119. The molecule has 154 valence electrons. The van der Waals surface area contributed by atoms with E-state index in [0.717, 1.165) is 15.4 Å². The minimum absolute atomic E-state index is 0.0352. The molecule has 6 nitrogen and oxygen atoms in total. The number of hydrazone groups is 1. The molecule has 0 spiro atoms. The molecule has 0 saturated carbocycles. The Hall–Kier alpha value is -3.16. The highest BCUT2D eigenvalue weighted by molar-refractivity contribution is 7.92. The number of carbonyl (C=O) groups excluding carboxylic acids is 1. The SMILES string of the molecule is Cc1ccc(N(CC(=O)N/N=C/c2ccccc2)S(=O)(=O)c2ccc(Cl)cc2)cc1. The highest BCUT2D eigenvalue weighted by Crippen LogP contribution is 2.25. The van der Waals surface area contributed by atoms with Gasteiger partial charge in [-0.3, -0.25) is 9.10 Å². The molecule has 3 rings (SSSR count). The van der Waals surface area contributed by atoms with Crippen LogP contribution < -0.4 is 9.73 Å². The standard InChI is InChI=1S/C22H20ClN3O3S/c1-17-7-11-20(12-8-17)26(30(28,29)21-13-9-19(23)10-14-21)16-22(27)25-24-15-18-5-3-2-4-6-18/h2-15H,16H2,1H3,(H,25,27)/b24-15+. The molecule has 30 heavy (non-hydrogen) atoms. The van der Waals surface area contributed by atoms with Crippen molar-refractivity contribution in [1.82, 2.24) is 5.43 Å². The summed E-state index contributed by atoms with van der Waals surface area (Å²) in [6, 6.07) is 21.9. The summed E-state index contributed by atoms with van der Waals surface area (Å²) in [6.07, 6.45) is 1.49. The Bertz CT molecular complexity index is 1130. The van der Waals surface area contributed by atoms with E-state index in [-0.39, 0.29) is 4.90 Å². The number of nitrogens with zero attached hydrogens (tertiary/aromatic N) is 2. The fraction of sp³-hybridized carbons (Fsp3) is 0.0909. The number of aryl methyl sites for hydroxylation is 1. The molecule has 0 aliphatic carbocycles. The molecule has 0 unspecified atom stereocenters. The van der Waals surface area contributed by atoms with Crippen LogP contribution in [-0.4, -0.2) is 27.1 Å². The molecule has 3 aromatic carbocycles. The van der Waals surface area contributed by atoms with Crippen molar-refractivity contribution in [2.24, 2.45) is 5.10 Å². The van der Waals surface area contributed by atoms with E-state index >= 15 is 0 Å². The molecule has 0 saturated heterocycles. The maximum absolute atomic E-state index is 13.2. The Morgan fingerprint density at radius 1 is 1.00 bits per heavy atom. The van der Waals surface area contributed by atoms with E-state index in [9.17, 15) is 13.2 Å². The third-order valence-corrected chi connectivity index (χ3v) is 6.25. The van der Waals surface area contributed by atoms with Crippen LogP contribution >= 0.6 is 11.6 Å². The molecular formula is C22H20ClN3O3S. The van der Waals surface area contributed by atoms with Crippen molar-refractivity contribution < 1.29 is 13.2 Å². The molecule has 0 atom stereocenters. The van der Waals surface area contributed by atoms with E-state index in [1.54, 1.807) is 24.3 Å². The van der Waals surface area contributed by atoms with Gasteiger partial charge in [-0.1, -0.05) is 59.6 Å². The molecule has 1 amide bonds. The minimum atomic E-state index is -3.99. The predicted molar refractivity (Wildman–Crippen MR) is 119 cm³/mol. The largest absolute Gasteiger partial charge is 0.271 e. The summed E-state index contributed by atoms with van der Waals surface area (Å²) in [6.45, 7) is 1.47. The Kier molecular flexibility index (Phi) is 6.87. The van der Waals surface area contributed by atoms with Crippen molar-refractivity contribution in [3.63, 3.8) is 0 Å². The van der Waals surface area contributed by atoms with Gasteiger partial charge in [0.1, 0.15) is 6.54 Å². The van der Waals surface area contributed by atoms with Crippen LogP contribution in [0.15, 0.2) is 88.9 Å². The van der Waals surface area contributed by atoms with E-state index in [0.29, 0.717) is 10.7 Å². The molecule has 3 aromatic rings. The first kappa shape index (κ1) is 21.5. The summed E-state index contributed by atoms with van der Waals surface area (Å²) in [7, 11) is -3.99. The first-order valence-electron chi connectivity index (χ1n) is 9.08. The summed E-state index contributed by atoms with van der Waals surface area (Å²) in [5, 5.41) is 4.33. The summed E-state index contributed by atoms with van der Waals surface area (Å²) in [5.74, 6) is -0.569. The quantitative estimate of drug-likeness (QED) is 0.444. The molecule has 0 aliphatic heterocycles. The fourth-order valence-electron chi connectivity index (χ4n) is 2.64. The van der Waals surface area contributed by atoms with E-state index in [4.69, 9.17) is 11.6 Å². The number of benzene rings is 3. The number of hydrogen-bond acceptors (Lipinski definition) is 4. The lowest BCUT2D eigenvalue weighted by atomic mass is 10.2. The van der Waals surface area contributed by atoms with Gasteiger partial charge < -0.3 is 0 Å². The van der Waals surface area contributed by atoms with Crippen LogP contribution in [-0.2, 0) is 14.8 Å². The second kappa shape index (κ2) is 9.56. The van der Waals surface area contributed by atoms with Gasteiger partial charge in [0.25, 0.3) is 15.9 Å². The number of halogens is 1. The van der Waals surface area contributed by atoms with Crippen molar-refractivity contribution in [2.75, 3.05) is 10.8 Å². The molecule has 0 heterocycles. The van der Waals surface area contributed by atoms with Gasteiger partial charge in [0.15, 0.2) is 0 Å². The van der Waals surface area contributed by atoms with Crippen molar-refractivity contribution in [3.05, 3.63) is 95.0 Å². The number of nitrogens with one attached hydrogen (secondary N) is 1. The Morgan fingerprint density at radius 2 is 1.63 bits per heavy atom. The third-order valence-electron chi connectivity index (χ3n) is 4.21. The predicted octanol–water partition coefficient (Wildman–Crippen LogP) is 3.99. The van der Waals surface area contributed by atoms with Gasteiger partial charge in [0.2, 0.25) is 0 Å². The highest BCUT2D eigenvalue weighted by Gasteiger charge is 2.27. The minimum Gasteiger partial charge on any atom is -0.271 e. The molecule has 1 N–H and O–H groups in total. The number of anilines is 1. The van der Waals surface area contributed by atoms with Gasteiger partial charge in [-0.05, 0) is 48.9 Å². The summed E-state index contributed by atoms with van der Waals surface area (Å²) in [5.41, 5.74) is 4.53. The van der Waals surface area contributed by atoms with E-state index in [1.807, 2.05) is 37.3 Å². The van der Waals surface area contributed by atoms with Crippen LogP contribution in [0, 0.1) is 6.92 Å². The van der Waals surface area contributed by atoms with Gasteiger partial charge in [-0.15, -0.1) is 0 Å². The maximum atomic E-state index is 13.2. The van der Waals surface area contributed by atoms with Crippen LogP contribution in [0.5, 0.6) is 0 Å². The lowest BCUT2D eigenvalue weighted by Gasteiger charge is -2.23. The second-order valence-electron chi connectivity index (χ2n) is 6.51. The third kappa shape index (κ3) is 5.46. The van der Waals surface area contributed by atoms with Crippen LogP contribution in [0.2, 0.25) is 5.02 Å². The smallest absolute Gasteiger partial charge is 0.264 e. The Balaban J connectivity index is 1.84. The number of sulfonamides is 1. The summed E-state index contributed by atoms with van der Waals surface area (Å²) >= 11 is 5.88. The van der Waals surface area contributed by atoms with E-state index in [2.05, 4.69) is 10.5 Å². The molecule has 0 aromatic heterocycles. The van der Waals surface area contributed by atoms with E-state index < -0.39 is 22.5 Å². The van der Waals surface area contributed by atoms with Crippen molar-refractivity contribution in [3.8, 4) is 0 Å². The second-order valence-corrected chi connectivity index (χ2v) is 8.80. The number of carbonyl (C=O) groups is 1. The lowest BCUT2D eigenvalue weighted by Crippen LogP contribution is -2.39. The van der Waals surface area contributed by atoms with Crippen LogP contribution in [0.3, 0.4) is 0 Å². The molecular weight excluding hydrogens is 422 g/mol. The van der Waals surface area contributed by atoms with Crippen LogP contribution in [0.1, 0.15) is 11.1 Å². The highest BCUT2D eigenvalue weighted by atomic mass is 35.5. The van der Waals surface area contributed by atoms with Gasteiger partial charge in [0, 0.05) is 5.02 Å². The average Bonchev–Trinajstić information content (AvgIpc) is 2.74. The first-order chi connectivity index (χ1) is 14.4. The first-order valence-corrected chi connectivity index (χ1v) is 10.9. The van der Waals surface area contributed by atoms with Gasteiger partial charge in [0.05, 0.1) is 16.8 Å². The molecule has 0 bridgehead atoms. The number of hydrogen-bond donors (Lipinski definition) is 1. The van der Waals surface area contributed by atoms with E-state index in [1.165, 1.54) is 30.5 Å². The zero-order valence-corrected chi connectivity index (χ0v) is 17.8. The summed E-state index contributed by atoms with van der Waals surface area (Å²) < 4.78 is 27.5. The zero-order chi connectivity index (χ0) is 21.6. The van der Waals surface area contributed by atoms with Crippen molar-refractivity contribution >= 4 is 39.4 Å².